The number of unbranched alkanes of at least 4 members (excludes halogenated alkanes) is 1. The Balaban J connectivity index is -0.000000405. The van der Waals surface area contributed by atoms with E-state index in [-0.39, 0.29) is 29.2 Å². The van der Waals surface area contributed by atoms with Gasteiger partial charge in [-0.1, -0.05) is 6.42 Å². The second-order valence-electron chi connectivity index (χ2n) is 2.23. The van der Waals surface area contributed by atoms with Crippen LogP contribution in [0.5, 0.6) is 0 Å². The molecule has 4 nitrogen and oxygen atoms in total. The summed E-state index contributed by atoms with van der Waals surface area (Å²) in [6, 6.07) is -0.716. The van der Waals surface area contributed by atoms with Crippen LogP contribution in [-0.2, 0) is 21.6 Å². The van der Waals surface area contributed by atoms with Crippen molar-refractivity contribution in [3.63, 3.8) is 0 Å². The molecule has 0 saturated carbocycles. The van der Waals surface area contributed by atoms with E-state index < -0.39 is 12.0 Å². The molecule has 0 aliphatic heterocycles. The van der Waals surface area contributed by atoms with Gasteiger partial charge in [0.1, 0.15) is 6.04 Å². The normalized spacial score (nSPS) is 10.8. The first-order valence-corrected chi connectivity index (χ1v) is 3.37. The third-order valence-electron chi connectivity index (χ3n) is 1.29. The van der Waals surface area contributed by atoms with Gasteiger partial charge < -0.3 is 16.6 Å². The van der Waals surface area contributed by atoms with Crippen LogP contribution in [0.25, 0.3) is 0 Å². The van der Waals surface area contributed by atoms with Gasteiger partial charge in [0.15, 0.2) is 0 Å². The topological polar surface area (TPSA) is 89.3 Å². The Morgan fingerprint density at radius 3 is 2.25 bits per heavy atom. The maximum Gasteiger partial charge on any atom is 2.00 e. The SMILES string of the molecule is Cl.NCCCCC(N)C(=O)O.[Co+2]. The fourth-order valence-electron chi connectivity index (χ4n) is 0.632. The minimum Gasteiger partial charge on any atom is -0.480 e. The summed E-state index contributed by atoms with van der Waals surface area (Å²) < 4.78 is 0. The molecule has 0 aliphatic rings. The van der Waals surface area contributed by atoms with Gasteiger partial charge in [-0.15, -0.1) is 12.4 Å². The van der Waals surface area contributed by atoms with Crippen molar-refractivity contribution >= 4 is 18.4 Å². The van der Waals surface area contributed by atoms with Crippen molar-refractivity contribution in [3.8, 4) is 0 Å². The molecule has 1 atom stereocenters. The number of hydrogen-bond donors (Lipinski definition) is 3. The third-order valence-corrected chi connectivity index (χ3v) is 1.29. The summed E-state index contributed by atoms with van der Waals surface area (Å²) in [4.78, 5) is 10.1. The van der Waals surface area contributed by atoms with Crippen molar-refractivity contribution in [1.29, 1.82) is 0 Å². The van der Waals surface area contributed by atoms with E-state index in [1.54, 1.807) is 0 Å². The second-order valence-corrected chi connectivity index (χ2v) is 2.23. The molecule has 0 aromatic rings. The van der Waals surface area contributed by atoms with E-state index in [1.165, 1.54) is 0 Å². The molecule has 0 heterocycles. The molecule has 0 rings (SSSR count). The summed E-state index contributed by atoms with van der Waals surface area (Å²) in [5.41, 5.74) is 10.4. The molecule has 0 saturated heterocycles. The number of carboxylic acids is 1. The molecule has 0 aromatic heterocycles. The van der Waals surface area contributed by atoms with Crippen LogP contribution < -0.4 is 11.5 Å². The second kappa shape index (κ2) is 11.2. The van der Waals surface area contributed by atoms with E-state index >= 15 is 0 Å². The first-order chi connectivity index (χ1) is 4.68. The van der Waals surface area contributed by atoms with E-state index in [4.69, 9.17) is 16.6 Å². The number of halogens is 1. The Bertz CT molecular complexity index is 116. The summed E-state index contributed by atoms with van der Waals surface area (Å²) >= 11 is 0. The van der Waals surface area contributed by atoms with Gasteiger partial charge in [-0.3, -0.25) is 4.79 Å². The van der Waals surface area contributed by atoms with Gasteiger partial charge in [-0.25, -0.2) is 0 Å². The largest absolute Gasteiger partial charge is 2.00 e. The van der Waals surface area contributed by atoms with Crippen LogP contribution in [0, 0.1) is 0 Å². The van der Waals surface area contributed by atoms with Crippen LogP contribution >= 0.6 is 12.4 Å². The summed E-state index contributed by atoms with van der Waals surface area (Å²) in [6.45, 7) is 0.604. The molecule has 0 bridgehead atoms. The molecular formula is C6H15ClCoN2O2+2. The number of rotatable bonds is 5. The van der Waals surface area contributed by atoms with Crippen molar-refractivity contribution in [2.45, 2.75) is 25.3 Å². The Kier molecular flexibility index (Phi) is 16.8. The van der Waals surface area contributed by atoms with Crippen LogP contribution in [0.4, 0.5) is 0 Å². The van der Waals surface area contributed by atoms with Gasteiger partial charge in [0.05, 0.1) is 0 Å². The fourth-order valence-corrected chi connectivity index (χ4v) is 0.632. The fraction of sp³-hybridized carbons (Fsp3) is 0.833. The zero-order chi connectivity index (χ0) is 7.98. The van der Waals surface area contributed by atoms with Gasteiger partial charge in [0, 0.05) is 0 Å². The zero-order valence-electron chi connectivity index (χ0n) is 6.66. The van der Waals surface area contributed by atoms with E-state index in [0.717, 1.165) is 12.8 Å². The predicted molar refractivity (Wildman–Crippen MR) is 45.8 cm³/mol. The molecule has 0 aliphatic carbocycles. The number of carboxylic acid groups (broad SMARTS) is 1. The van der Waals surface area contributed by atoms with Crippen LogP contribution in [0.15, 0.2) is 0 Å². The molecule has 12 heavy (non-hydrogen) atoms. The maximum absolute atomic E-state index is 10.1. The minimum absolute atomic E-state index is 0. The monoisotopic (exact) mass is 241 g/mol. The van der Waals surface area contributed by atoms with Crippen LogP contribution in [0.2, 0.25) is 0 Å². The van der Waals surface area contributed by atoms with Crippen molar-refractivity contribution in [3.05, 3.63) is 0 Å². The first kappa shape index (κ1) is 18.1. The van der Waals surface area contributed by atoms with Crippen LogP contribution in [-0.4, -0.2) is 23.7 Å². The number of nitrogens with two attached hydrogens (primary N) is 2. The Morgan fingerprint density at radius 2 is 1.92 bits per heavy atom. The van der Waals surface area contributed by atoms with Gasteiger partial charge in [-0.2, -0.15) is 0 Å². The predicted octanol–water partition coefficient (Wildman–Crippen LogP) is -0.0534. The molecular weight excluding hydrogens is 226 g/mol. The Morgan fingerprint density at radius 1 is 1.42 bits per heavy atom. The molecule has 0 spiro atoms. The maximum atomic E-state index is 10.1. The van der Waals surface area contributed by atoms with E-state index in [0.29, 0.717) is 13.0 Å². The van der Waals surface area contributed by atoms with Crippen LogP contribution in [0.3, 0.4) is 0 Å². The van der Waals surface area contributed by atoms with Crippen molar-refractivity contribution in [2.24, 2.45) is 11.5 Å². The van der Waals surface area contributed by atoms with Crippen molar-refractivity contribution in [2.75, 3.05) is 6.54 Å². The van der Waals surface area contributed by atoms with Gasteiger partial charge in [-0.05, 0) is 19.4 Å². The third kappa shape index (κ3) is 10.2. The molecule has 1 radical (unpaired) electrons. The minimum atomic E-state index is -0.933. The molecule has 0 amide bonds. The van der Waals surface area contributed by atoms with Crippen molar-refractivity contribution in [1.82, 2.24) is 0 Å². The molecule has 5 N–H and O–H groups in total. The molecule has 0 fully saturated rings. The zero-order valence-corrected chi connectivity index (χ0v) is 8.52. The average Bonchev–Trinajstić information content (AvgIpc) is 1.88. The van der Waals surface area contributed by atoms with E-state index in [9.17, 15) is 4.79 Å². The number of hydrogen-bond acceptors (Lipinski definition) is 3. The Labute approximate surface area is 88.7 Å². The van der Waals surface area contributed by atoms with Crippen molar-refractivity contribution < 1.29 is 26.7 Å². The van der Waals surface area contributed by atoms with Crippen LogP contribution in [0.1, 0.15) is 19.3 Å². The van der Waals surface area contributed by atoms with Gasteiger partial charge in [0.2, 0.25) is 0 Å². The summed E-state index contributed by atoms with van der Waals surface area (Å²) in [7, 11) is 0. The molecule has 0 aromatic carbocycles. The van der Waals surface area contributed by atoms with E-state index in [2.05, 4.69) is 0 Å². The average molecular weight is 242 g/mol. The molecule has 75 valence electrons. The first-order valence-electron chi connectivity index (χ1n) is 3.37. The quantitative estimate of drug-likeness (QED) is 0.589. The summed E-state index contributed by atoms with van der Waals surface area (Å²) in [6.07, 6.45) is 2.16. The van der Waals surface area contributed by atoms with Gasteiger partial charge in [0.25, 0.3) is 0 Å². The summed E-state index contributed by atoms with van der Waals surface area (Å²) in [5, 5.41) is 8.33. The standard InChI is InChI=1S/C6H14N2O2.ClH.Co/c7-4-2-1-3-5(8)6(9)10;;/h5H,1-4,7-8H2,(H,9,10);1H;/q;;+2. The van der Waals surface area contributed by atoms with Gasteiger partial charge >= 0.3 is 22.7 Å². The molecule has 6 heteroatoms. The number of carbonyl (C=O) groups is 1. The summed E-state index contributed by atoms with van der Waals surface area (Å²) in [5.74, 6) is -0.933. The molecule has 1 unspecified atom stereocenters. The smallest absolute Gasteiger partial charge is 0.480 e. The van der Waals surface area contributed by atoms with E-state index in [1.807, 2.05) is 0 Å². The number of aliphatic carboxylic acids is 1. The Hall–Kier alpha value is 0.186.